The Labute approximate surface area is 113 Å². The highest BCUT2D eigenvalue weighted by molar-refractivity contribution is 7.91. The molecule has 0 spiro atoms. The van der Waals surface area contributed by atoms with Gasteiger partial charge in [-0.2, -0.15) is 0 Å². The molecule has 0 aromatic heterocycles. The molecule has 6 heteroatoms. The molecule has 1 heterocycles. The summed E-state index contributed by atoms with van der Waals surface area (Å²) in [6.07, 6.45) is 0.325. The lowest BCUT2D eigenvalue weighted by Crippen LogP contribution is -2.35. The minimum Gasteiger partial charge on any atom is -0.379 e. The lowest BCUT2D eigenvalue weighted by Gasteiger charge is -2.19. The van der Waals surface area contributed by atoms with Gasteiger partial charge in [0.15, 0.2) is 9.84 Å². The largest absolute Gasteiger partial charge is 0.379 e. The zero-order chi connectivity index (χ0) is 13.7. The fourth-order valence-electron chi connectivity index (χ4n) is 1.93. The maximum Gasteiger partial charge on any atom is 0.224 e. The van der Waals surface area contributed by atoms with E-state index in [1.807, 2.05) is 0 Å². The van der Waals surface area contributed by atoms with Crippen molar-refractivity contribution in [3.05, 3.63) is 30.3 Å². The average molecular weight is 283 g/mol. The summed E-state index contributed by atoms with van der Waals surface area (Å²) in [5.41, 5.74) is 0. The minimum atomic E-state index is -3.33. The van der Waals surface area contributed by atoms with Gasteiger partial charge in [0, 0.05) is 13.1 Å². The molecule has 1 saturated heterocycles. The van der Waals surface area contributed by atoms with Gasteiger partial charge < -0.3 is 9.64 Å². The summed E-state index contributed by atoms with van der Waals surface area (Å²) in [5, 5.41) is 0. The highest BCUT2D eigenvalue weighted by Crippen LogP contribution is 2.11. The molecule has 0 saturated carbocycles. The van der Waals surface area contributed by atoms with Crippen LogP contribution in [0.1, 0.15) is 6.42 Å². The number of nitrogens with zero attached hydrogens (tertiary/aromatic N) is 1. The van der Waals surface area contributed by atoms with Gasteiger partial charge in [0.25, 0.3) is 0 Å². The van der Waals surface area contributed by atoms with Crippen molar-refractivity contribution in [3.8, 4) is 0 Å². The first kappa shape index (κ1) is 14.0. The van der Waals surface area contributed by atoms with Gasteiger partial charge in [-0.25, -0.2) is 8.42 Å². The van der Waals surface area contributed by atoms with Crippen LogP contribution in [0.15, 0.2) is 35.2 Å². The molecule has 1 aliphatic heterocycles. The molecule has 0 aliphatic carbocycles. The molecule has 0 bridgehead atoms. The molecule has 1 fully saturated rings. The van der Waals surface area contributed by atoms with E-state index >= 15 is 0 Å². The monoisotopic (exact) mass is 283 g/mol. The fraction of sp³-hybridized carbons (Fsp3) is 0.462. The van der Waals surface area contributed by atoms with Gasteiger partial charge in [0.2, 0.25) is 5.91 Å². The molecule has 1 amide bonds. The van der Waals surface area contributed by atoms with Gasteiger partial charge in [0.1, 0.15) is 0 Å². The number of carbonyl (C=O) groups is 1. The van der Waals surface area contributed by atoms with Crippen LogP contribution < -0.4 is 0 Å². The summed E-state index contributed by atoms with van der Waals surface area (Å²) in [4.78, 5) is 13.6. The van der Waals surface area contributed by atoms with Crippen molar-refractivity contribution in [3.63, 3.8) is 0 Å². The Balaban J connectivity index is 1.99. The molecular weight excluding hydrogens is 266 g/mol. The molecule has 0 atom stereocenters. The fourth-order valence-corrected chi connectivity index (χ4v) is 3.20. The van der Waals surface area contributed by atoms with Crippen LogP contribution in [0.3, 0.4) is 0 Å². The molecule has 2 rings (SSSR count). The number of hydrogen-bond acceptors (Lipinski definition) is 4. The number of rotatable bonds is 4. The molecule has 1 aliphatic rings. The SMILES string of the molecule is O=C1CCOCCN1CCS(=O)(=O)c1ccccc1. The Morgan fingerprint density at radius 1 is 1.16 bits per heavy atom. The van der Waals surface area contributed by atoms with E-state index in [9.17, 15) is 13.2 Å². The quantitative estimate of drug-likeness (QED) is 0.816. The predicted octanol–water partition coefficient (Wildman–Crippen LogP) is 0.709. The minimum absolute atomic E-state index is 0.0410. The van der Waals surface area contributed by atoms with E-state index in [4.69, 9.17) is 4.74 Å². The van der Waals surface area contributed by atoms with Gasteiger partial charge in [0.05, 0.1) is 30.3 Å². The van der Waals surface area contributed by atoms with Gasteiger partial charge >= 0.3 is 0 Å². The Morgan fingerprint density at radius 3 is 2.63 bits per heavy atom. The third-order valence-corrected chi connectivity index (χ3v) is 4.76. The van der Waals surface area contributed by atoms with Gasteiger partial charge in [-0.1, -0.05) is 18.2 Å². The van der Waals surface area contributed by atoms with E-state index in [2.05, 4.69) is 0 Å². The Morgan fingerprint density at radius 2 is 1.89 bits per heavy atom. The maximum atomic E-state index is 12.1. The summed E-state index contributed by atoms with van der Waals surface area (Å²) in [5.74, 6) is -0.0938. The molecule has 19 heavy (non-hydrogen) atoms. The highest BCUT2D eigenvalue weighted by Gasteiger charge is 2.20. The third-order valence-electron chi connectivity index (χ3n) is 3.05. The average Bonchev–Trinajstić information content (AvgIpc) is 2.62. The van der Waals surface area contributed by atoms with Crippen molar-refractivity contribution in [1.82, 2.24) is 4.90 Å². The summed E-state index contributed by atoms with van der Waals surface area (Å²) in [6.45, 7) is 1.57. The van der Waals surface area contributed by atoms with E-state index in [1.165, 1.54) is 0 Å². The zero-order valence-corrected chi connectivity index (χ0v) is 11.4. The molecule has 0 radical (unpaired) electrons. The summed E-state index contributed by atoms with van der Waals surface area (Å²) < 4.78 is 29.4. The smallest absolute Gasteiger partial charge is 0.224 e. The van der Waals surface area contributed by atoms with E-state index < -0.39 is 9.84 Å². The number of ether oxygens (including phenoxy) is 1. The molecule has 0 unspecified atom stereocenters. The van der Waals surface area contributed by atoms with Crippen LogP contribution in [-0.2, 0) is 19.4 Å². The molecule has 1 aromatic rings. The summed E-state index contributed by atoms with van der Waals surface area (Å²) in [6, 6.07) is 8.30. The van der Waals surface area contributed by atoms with Crippen molar-refractivity contribution >= 4 is 15.7 Å². The number of carbonyl (C=O) groups excluding carboxylic acids is 1. The van der Waals surface area contributed by atoms with Crippen LogP contribution in [0.2, 0.25) is 0 Å². The second-order valence-electron chi connectivity index (χ2n) is 4.38. The van der Waals surface area contributed by atoms with Crippen LogP contribution >= 0.6 is 0 Å². The van der Waals surface area contributed by atoms with Crippen LogP contribution in [-0.4, -0.2) is 51.3 Å². The zero-order valence-electron chi connectivity index (χ0n) is 10.6. The first-order chi connectivity index (χ1) is 9.09. The number of hydrogen-bond donors (Lipinski definition) is 0. The van der Waals surface area contributed by atoms with Gasteiger partial charge in [-0.05, 0) is 12.1 Å². The van der Waals surface area contributed by atoms with Crippen LogP contribution in [0.25, 0.3) is 0 Å². The number of benzene rings is 1. The predicted molar refractivity (Wildman–Crippen MR) is 70.5 cm³/mol. The topological polar surface area (TPSA) is 63.7 Å². The van der Waals surface area contributed by atoms with Crippen LogP contribution in [0, 0.1) is 0 Å². The lowest BCUT2D eigenvalue weighted by atomic mass is 10.4. The van der Waals surface area contributed by atoms with Crippen molar-refractivity contribution in [2.45, 2.75) is 11.3 Å². The van der Waals surface area contributed by atoms with Crippen molar-refractivity contribution in [2.75, 3.05) is 32.1 Å². The molecule has 5 nitrogen and oxygen atoms in total. The van der Waals surface area contributed by atoms with E-state index in [0.29, 0.717) is 31.1 Å². The maximum absolute atomic E-state index is 12.1. The van der Waals surface area contributed by atoms with Gasteiger partial charge in [-0.3, -0.25) is 4.79 Å². The Hall–Kier alpha value is -1.40. The lowest BCUT2D eigenvalue weighted by molar-refractivity contribution is -0.130. The van der Waals surface area contributed by atoms with Crippen molar-refractivity contribution < 1.29 is 17.9 Å². The summed E-state index contributed by atoms with van der Waals surface area (Å²) in [7, 11) is -3.33. The standard InChI is InChI=1S/C13H17NO4S/c15-13-6-9-18-10-7-14(13)8-11-19(16,17)12-4-2-1-3-5-12/h1-5H,6-11H2. The van der Waals surface area contributed by atoms with E-state index in [0.717, 1.165) is 0 Å². The van der Waals surface area contributed by atoms with Crippen LogP contribution in [0.5, 0.6) is 0 Å². The second kappa shape index (κ2) is 6.16. The molecule has 104 valence electrons. The number of sulfone groups is 1. The molecule has 0 N–H and O–H groups in total. The number of amides is 1. The molecule has 1 aromatic carbocycles. The van der Waals surface area contributed by atoms with E-state index in [-0.39, 0.29) is 18.2 Å². The first-order valence-corrected chi connectivity index (χ1v) is 7.88. The van der Waals surface area contributed by atoms with Crippen molar-refractivity contribution in [2.24, 2.45) is 0 Å². The molecular formula is C13H17NO4S. The Kier molecular flexibility index (Phi) is 4.55. The normalized spacial score (nSPS) is 17.3. The Bertz CT molecular complexity index is 527. The third kappa shape index (κ3) is 3.78. The highest BCUT2D eigenvalue weighted by atomic mass is 32.2. The van der Waals surface area contributed by atoms with Gasteiger partial charge in [-0.15, -0.1) is 0 Å². The van der Waals surface area contributed by atoms with Crippen LogP contribution in [0.4, 0.5) is 0 Å². The summed E-state index contributed by atoms with van der Waals surface area (Å²) >= 11 is 0. The second-order valence-corrected chi connectivity index (χ2v) is 6.48. The first-order valence-electron chi connectivity index (χ1n) is 6.23. The van der Waals surface area contributed by atoms with E-state index in [1.54, 1.807) is 35.2 Å². The van der Waals surface area contributed by atoms with Crippen molar-refractivity contribution in [1.29, 1.82) is 0 Å².